The average Bonchev–Trinajstić information content (AvgIpc) is 2.31. The maximum absolute atomic E-state index is 11.5. The monoisotopic (exact) mass is 244 g/mol. The summed E-state index contributed by atoms with van der Waals surface area (Å²) in [6, 6.07) is 0. The Morgan fingerprint density at radius 1 is 1.59 bits per heavy atom. The van der Waals surface area contributed by atoms with E-state index in [9.17, 15) is 4.79 Å². The minimum absolute atomic E-state index is 0.0265. The van der Waals surface area contributed by atoms with Crippen LogP contribution in [0, 0.1) is 0 Å². The zero-order valence-electron chi connectivity index (χ0n) is 10.3. The number of rotatable bonds is 3. The zero-order chi connectivity index (χ0) is 12.9. The highest BCUT2D eigenvalue weighted by atomic mass is 16.5. The Bertz CT molecular complexity index is 298. The lowest BCUT2D eigenvalue weighted by Gasteiger charge is -2.39. The number of hydrogen-bond acceptors (Lipinski definition) is 5. The second-order valence-electron chi connectivity index (χ2n) is 4.22. The van der Waals surface area contributed by atoms with Crippen molar-refractivity contribution >= 4 is 11.9 Å². The molecular formula is C10H20N4O3. The third-order valence-electron chi connectivity index (χ3n) is 3.06. The topological polar surface area (TPSA) is 100 Å². The number of amidine groups is 1. The van der Waals surface area contributed by atoms with Crippen molar-refractivity contribution in [2.45, 2.75) is 25.3 Å². The van der Waals surface area contributed by atoms with Crippen molar-refractivity contribution < 1.29 is 14.7 Å². The van der Waals surface area contributed by atoms with Gasteiger partial charge in [-0.1, -0.05) is 5.16 Å². The Morgan fingerprint density at radius 3 is 2.65 bits per heavy atom. The highest BCUT2D eigenvalue weighted by Crippen LogP contribution is 2.22. The quantitative estimate of drug-likeness (QED) is 0.279. The van der Waals surface area contributed by atoms with Crippen LogP contribution in [-0.2, 0) is 4.74 Å². The maximum Gasteiger partial charge on any atom is 0.407 e. The number of carbonyl (C=O) groups is 1. The molecule has 0 radical (unpaired) electrons. The van der Waals surface area contributed by atoms with E-state index in [0.717, 1.165) is 13.1 Å². The molecule has 1 fully saturated rings. The molecule has 0 aromatic rings. The van der Waals surface area contributed by atoms with Gasteiger partial charge in [-0.3, -0.25) is 0 Å². The number of piperidine rings is 1. The second-order valence-corrected chi connectivity index (χ2v) is 4.22. The largest absolute Gasteiger partial charge is 0.450 e. The Hall–Kier alpha value is -1.50. The van der Waals surface area contributed by atoms with Crippen LogP contribution in [0.4, 0.5) is 4.79 Å². The number of hydrogen-bond donors (Lipinski definition) is 3. The summed E-state index contributed by atoms with van der Waals surface area (Å²) < 4.78 is 4.84. The molecule has 1 rings (SSSR count). The molecule has 1 aliphatic rings. The number of nitrogens with one attached hydrogen (secondary N) is 1. The Kier molecular flexibility index (Phi) is 4.56. The summed E-state index contributed by atoms with van der Waals surface area (Å²) in [4.78, 5) is 13.6. The molecule has 1 heterocycles. The van der Waals surface area contributed by atoms with Crippen molar-refractivity contribution in [3.05, 3.63) is 0 Å². The summed E-state index contributed by atoms with van der Waals surface area (Å²) in [5.41, 5.74) is 4.89. The van der Waals surface area contributed by atoms with Gasteiger partial charge in [0.1, 0.15) is 5.54 Å². The van der Waals surface area contributed by atoms with Gasteiger partial charge >= 0.3 is 6.09 Å². The third kappa shape index (κ3) is 3.23. The molecule has 0 spiro atoms. The summed E-state index contributed by atoms with van der Waals surface area (Å²) in [5, 5.41) is 14.5. The van der Waals surface area contributed by atoms with Crippen molar-refractivity contribution in [2.24, 2.45) is 10.9 Å². The van der Waals surface area contributed by atoms with Gasteiger partial charge in [0.05, 0.1) is 6.61 Å². The summed E-state index contributed by atoms with van der Waals surface area (Å²) >= 11 is 0. The van der Waals surface area contributed by atoms with E-state index in [0.29, 0.717) is 12.8 Å². The fourth-order valence-corrected chi connectivity index (χ4v) is 1.90. The molecule has 0 atom stereocenters. The number of ether oxygens (including phenoxy) is 1. The van der Waals surface area contributed by atoms with E-state index in [1.54, 1.807) is 6.92 Å². The standard InChI is InChI=1S/C10H20N4O3/c1-3-17-9(15)12-10(8(11)13-16)4-6-14(2)7-5-10/h16H,3-7H2,1-2H3,(H2,11,13)(H,12,15). The molecule has 0 aromatic heterocycles. The van der Waals surface area contributed by atoms with Gasteiger partial charge in [0.2, 0.25) is 0 Å². The first-order chi connectivity index (χ1) is 8.04. The molecule has 0 aromatic carbocycles. The Balaban J connectivity index is 2.77. The maximum atomic E-state index is 11.5. The predicted molar refractivity (Wildman–Crippen MR) is 63.0 cm³/mol. The molecular weight excluding hydrogens is 224 g/mol. The van der Waals surface area contributed by atoms with Crippen molar-refractivity contribution in [1.29, 1.82) is 0 Å². The zero-order valence-corrected chi connectivity index (χ0v) is 10.3. The van der Waals surface area contributed by atoms with Gasteiger partial charge in [0.15, 0.2) is 5.84 Å². The van der Waals surface area contributed by atoms with Crippen molar-refractivity contribution in [3.63, 3.8) is 0 Å². The average molecular weight is 244 g/mol. The molecule has 0 aliphatic carbocycles. The van der Waals surface area contributed by atoms with Crippen LogP contribution in [0.1, 0.15) is 19.8 Å². The Morgan fingerprint density at radius 2 is 2.18 bits per heavy atom. The predicted octanol–water partition coefficient (Wildman–Crippen LogP) is -0.0567. The molecule has 0 saturated carbocycles. The lowest BCUT2D eigenvalue weighted by Crippen LogP contribution is -2.62. The second kappa shape index (κ2) is 5.72. The first-order valence-electron chi connectivity index (χ1n) is 5.65. The molecule has 98 valence electrons. The molecule has 7 heteroatoms. The summed E-state index contributed by atoms with van der Waals surface area (Å²) in [7, 11) is 1.99. The number of oxime groups is 1. The van der Waals surface area contributed by atoms with E-state index < -0.39 is 11.6 Å². The van der Waals surface area contributed by atoms with E-state index >= 15 is 0 Å². The van der Waals surface area contributed by atoms with E-state index in [1.807, 2.05) is 7.05 Å². The van der Waals surface area contributed by atoms with Crippen molar-refractivity contribution in [1.82, 2.24) is 10.2 Å². The SMILES string of the molecule is CCOC(=O)NC1(/C(N)=N/O)CCN(C)CC1. The first kappa shape index (κ1) is 13.6. The molecule has 0 bridgehead atoms. The summed E-state index contributed by atoms with van der Waals surface area (Å²) in [6.07, 6.45) is 0.653. The van der Waals surface area contributed by atoms with Gasteiger partial charge in [-0.25, -0.2) is 4.79 Å². The molecule has 4 N–H and O–H groups in total. The normalized spacial score (nSPS) is 20.9. The molecule has 7 nitrogen and oxygen atoms in total. The van der Waals surface area contributed by atoms with Gasteiger partial charge in [-0.2, -0.15) is 0 Å². The molecule has 1 saturated heterocycles. The van der Waals surface area contributed by atoms with Crippen LogP contribution in [0.5, 0.6) is 0 Å². The number of alkyl carbamates (subject to hydrolysis) is 1. The molecule has 1 aliphatic heterocycles. The summed E-state index contributed by atoms with van der Waals surface area (Å²) in [5.74, 6) is 0.0265. The van der Waals surface area contributed by atoms with Crippen LogP contribution in [0.2, 0.25) is 0 Å². The van der Waals surface area contributed by atoms with Gasteiger partial charge in [0, 0.05) is 13.1 Å². The van der Waals surface area contributed by atoms with Gasteiger partial charge in [-0.05, 0) is 26.8 Å². The smallest absolute Gasteiger partial charge is 0.407 e. The van der Waals surface area contributed by atoms with E-state index in [4.69, 9.17) is 15.7 Å². The van der Waals surface area contributed by atoms with E-state index in [1.165, 1.54) is 0 Å². The number of nitrogens with two attached hydrogens (primary N) is 1. The van der Waals surface area contributed by atoms with Gasteiger partial charge in [0.25, 0.3) is 0 Å². The van der Waals surface area contributed by atoms with Crippen LogP contribution in [0.25, 0.3) is 0 Å². The molecule has 1 amide bonds. The van der Waals surface area contributed by atoms with Gasteiger partial charge in [-0.15, -0.1) is 0 Å². The van der Waals surface area contributed by atoms with Crippen LogP contribution in [-0.4, -0.2) is 54.3 Å². The van der Waals surface area contributed by atoms with Crippen LogP contribution in [0.15, 0.2) is 5.16 Å². The van der Waals surface area contributed by atoms with Crippen molar-refractivity contribution in [3.8, 4) is 0 Å². The lowest BCUT2D eigenvalue weighted by molar-refractivity contribution is 0.130. The van der Waals surface area contributed by atoms with Crippen molar-refractivity contribution in [2.75, 3.05) is 26.7 Å². The van der Waals surface area contributed by atoms with Crippen LogP contribution in [0.3, 0.4) is 0 Å². The molecule has 0 unspecified atom stereocenters. The van der Waals surface area contributed by atoms with Gasteiger partial charge < -0.3 is 25.9 Å². The van der Waals surface area contributed by atoms with Crippen LogP contribution >= 0.6 is 0 Å². The van der Waals surface area contributed by atoms with E-state index in [2.05, 4.69) is 15.4 Å². The fraction of sp³-hybridized carbons (Fsp3) is 0.800. The number of nitrogens with zero attached hydrogens (tertiary/aromatic N) is 2. The number of carbonyl (C=O) groups excluding carboxylic acids is 1. The fourth-order valence-electron chi connectivity index (χ4n) is 1.90. The van der Waals surface area contributed by atoms with E-state index in [-0.39, 0.29) is 12.4 Å². The highest BCUT2D eigenvalue weighted by Gasteiger charge is 2.39. The number of likely N-dealkylation sites (tertiary alicyclic amines) is 1. The minimum atomic E-state index is -0.798. The summed E-state index contributed by atoms with van der Waals surface area (Å²) in [6.45, 7) is 3.55. The van der Waals surface area contributed by atoms with Crippen LogP contribution < -0.4 is 11.1 Å². The first-order valence-corrected chi connectivity index (χ1v) is 5.65. The molecule has 17 heavy (non-hydrogen) atoms. The Labute approximate surface area is 101 Å². The minimum Gasteiger partial charge on any atom is -0.450 e. The number of amides is 1. The lowest BCUT2D eigenvalue weighted by atomic mass is 9.86. The highest BCUT2D eigenvalue weighted by molar-refractivity contribution is 5.92. The third-order valence-corrected chi connectivity index (χ3v) is 3.06.